The fourth-order valence-corrected chi connectivity index (χ4v) is 2.28. The van der Waals surface area contributed by atoms with E-state index in [0.717, 1.165) is 12.8 Å². The van der Waals surface area contributed by atoms with Crippen LogP contribution in [0.15, 0.2) is 20.1 Å². The van der Waals surface area contributed by atoms with Crippen molar-refractivity contribution in [2.45, 2.75) is 40.0 Å². The Morgan fingerprint density at radius 3 is 2.73 bits per heavy atom. The minimum Gasteiger partial charge on any atom is -0.403 e. The summed E-state index contributed by atoms with van der Waals surface area (Å²) in [6.45, 7) is 6.46. The number of hydrogen-bond donors (Lipinski definition) is 2. The molecule has 0 fully saturated rings. The second-order valence-electron chi connectivity index (χ2n) is 6.36. The Bertz CT molecular complexity index is 771. The second-order valence-corrected chi connectivity index (χ2v) is 6.36. The maximum Gasteiger partial charge on any atom is 0.337 e. The van der Waals surface area contributed by atoms with E-state index >= 15 is 0 Å². The largest absolute Gasteiger partial charge is 0.403 e. The van der Waals surface area contributed by atoms with Crippen molar-refractivity contribution in [3.05, 3.63) is 32.4 Å². The zero-order chi connectivity index (χ0) is 16.3. The number of hydroxylamine groups is 1. The van der Waals surface area contributed by atoms with E-state index in [-0.39, 0.29) is 22.7 Å². The number of nitrogens with one attached hydrogen (secondary N) is 2. The zero-order valence-corrected chi connectivity index (χ0v) is 13.3. The molecule has 2 N–H and O–H groups in total. The SMILES string of the molecule is CNOc1nc2oc(=O)cc(CCCC(C)(C)C)c2c(=O)[nH]1. The Morgan fingerprint density at radius 2 is 2.09 bits per heavy atom. The van der Waals surface area contributed by atoms with Crippen LogP contribution in [0.5, 0.6) is 6.01 Å². The molecule has 7 nitrogen and oxygen atoms in total. The molecule has 0 spiro atoms. The van der Waals surface area contributed by atoms with Crippen LogP contribution >= 0.6 is 0 Å². The number of fused-ring (bicyclic) bond motifs is 1. The summed E-state index contributed by atoms with van der Waals surface area (Å²) in [6, 6.07) is 1.32. The van der Waals surface area contributed by atoms with Gasteiger partial charge in [0.2, 0.25) is 5.71 Å². The summed E-state index contributed by atoms with van der Waals surface area (Å²) in [6.07, 6.45) is 2.48. The van der Waals surface area contributed by atoms with Crippen molar-refractivity contribution in [1.82, 2.24) is 15.4 Å². The molecular weight excluding hydrogens is 286 g/mol. The van der Waals surface area contributed by atoms with Gasteiger partial charge in [-0.25, -0.2) is 4.79 Å². The normalized spacial score (nSPS) is 11.8. The van der Waals surface area contributed by atoms with Gasteiger partial charge in [-0.3, -0.25) is 9.78 Å². The Labute approximate surface area is 127 Å². The summed E-state index contributed by atoms with van der Waals surface area (Å²) < 4.78 is 5.02. The lowest BCUT2D eigenvalue weighted by molar-refractivity contribution is 0.203. The van der Waals surface area contributed by atoms with Crippen LogP contribution in [0.3, 0.4) is 0 Å². The Balaban J connectivity index is 2.42. The summed E-state index contributed by atoms with van der Waals surface area (Å²) in [5.74, 6) is 0. The highest BCUT2D eigenvalue weighted by atomic mass is 16.7. The van der Waals surface area contributed by atoms with E-state index in [1.165, 1.54) is 13.1 Å². The number of nitrogens with zero attached hydrogens (tertiary/aromatic N) is 1. The Kier molecular flexibility index (Phi) is 4.65. The van der Waals surface area contributed by atoms with Crippen LogP contribution in [-0.2, 0) is 6.42 Å². The van der Waals surface area contributed by atoms with E-state index in [9.17, 15) is 9.59 Å². The number of aromatic nitrogens is 2. The average Bonchev–Trinajstić information content (AvgIpc) is 2.36. The van der Waals surface area contributed by atoms with Gasteiger partial charge in [0.1, 0.15) is 5.39 Å². The fourth-order valence-electron chi connectivity index (χ4n) is 2.28. The minimum atomic E-state index is -0.522. The molecule has 0 aliphatic heterocycles. The highest BCUT2D eigenvalue weighted by Crippen LogP contribution is 2.23. The molecule has 2 heterocycles. The van der Waals surface area contributed by atoms with E-state index in [0.29, 0.717) is 17.4 Å². The lowest BCUT2D eigenvalue weighted by Gasteiger charge is -2.17. The van der Waals surface area contributed by atoms with Crippen molar-refractivity contribution in [2.75, 3.05) is 7.05 Å². The first kappa shape index (κ1) is 16.2. The van der Waals surface area contributed by atoms with Gasteiger partial charge < -0.3 is 9.25 Å². The van der Waals surface area contributed by atoms with Gasteiger partial charge >= 0.3 is 11.6 Å². The van der Waals surface area contributed by atoms with Crippen LogP contribution in [-0.4, -0.2) is 17.0 Å². The molecule has 0 atom stereocenters. The third kappa shape index (κ3) is 3.94. The number of aromatic amines is 1. The summed E-state index contributed by atoms with van der Waals surface area (Å²) >= 11 is 0. The van der Waals surface area contributed by atoms with Crippen LogP contribution in [0.4, 0.5) is 0 Å². The van der Waals surface area contributed by atoms with Crippen molar-refractivity contribution in [2.24, 2.45) is 5.41 Å². The van der Waals surface area contributed by atoms with Gasteiger partial charge in [-0.2, -0.15) is 10.5 Å². The average molecular weight is 307 g/mol. The molecule has 0 amide bonds. The van der Waals surface area contributed by atoms with Gasteiger partial charge in [0.05, 0.1) is 0 Å². The third-order valence-electron chi connectivity index (χ3n) is 3.25. The molecule has 2 rings (SSSR count). The number of hydrogen-bond acceptors (Lipinski definition) is 6. The molecule has 120 valence electrons. The summed E-state index contributed by atoms with van der Waals surface area (Å²) in [7, 11) is 1.53. The number of rotatable bonds is 5. The highest BCUT2D eigenvalue weighted by Gasteiger charge is 2.15. The van der Waals surface area contributed by atoms with Gasteiger partial charge in [0, 0.05) is 13.1 Å². The molecule has 0 aromatic carbocycles. The lowest BCUT2D eigenvalue weighted by Crippen LogP contribution is -2.19. The number of H-pyrrole nitrogens is 1. The first-order valence-electron chi connectivity index (χ1n) is 7.21. The maximum atomic E-state index is 12.2. The van der Waals surface area contributed by atoms with Crippen molar-refractivity contribution in [3.63, 3.8) is 0 Å². The molecule has 0 bridgehead atoms. The van der Waals surface area contributed by atoms with Gasteiger partial charge in [0.25, 0.3) is 5.56 Å². The molecule has 2 aromatic rings. The molecule has 2 aromatic heterocycles. The minimum absolute atomic E-state index is 0.00717. The van der Waals surface area contributed by atoms with Crippen molar-refractivity contribution >= 4 is 11.1 Å². The lowest BCUT2D eigenvalue weighted by atomic mass is 9.89. The molecule has 0 aliphatic carbocycles. The van der Waals surface area contributed by atoms with Gasteiger partial charge in [-0.1, -0.05) is 20.8 Å². The molecule has 0 radical (unpaired) electrons. The van der Waals surface area contributed by atoms with E-state index in [2.05, 4.69) is 36.2 Å². The van der Waals surface area contributed by atoms with Crippen LogP contribution in [0.2, 0.25) is 0 Å². The quantitative estimate of drug-likeness (QED) is 0.817. The molecule has 0 saturated heterocycles. The second kappa shape index (κ2) is 6.31. The molecule has 7 heteroatoms. The summed E-state index contributed by atoms with van der Waals surface area (Å²) in [4.78, 5) is 35.3. The highest BCUT2D eigenvalue weighted by molar-refractivity contribution is 5.75. The Morgan fingerprint density at radius 1 is 1.36 bits per heavy atom. The predicted octanol–water partition coefficient (Wildman–Crippen LogP) is 1.76. The first-order chi connectivity index (χ1) is 10.3. The summed E-state index contributed by atoms with van der Waals surface area (Å²) in [5.41, 5.74) is 2.35. The monoisotopic (exact) mass is 307 g/mol. The molecule has 22 heavy (non-hydrogen) atoms. The Hall–Kier alpha value is -2.15. The third-order valence-corrected chi connectivity index (χ3v) is 3.25. The van der Waals surface area contributed by atoms with Crippen molar-refractivity contribution in [3.8, 4) is 6.01 Å². The summed E-state index contributed by atoms with van der Waals surface area (Å²) in [5, 5.41) is 0.303. The van der Waals surface area contributed by atoms with Crippen LogP contribution in [0.25, 0.3) is 11.1 Å². The van der Waals surface area contributed by atoms with Crippen LogP contribution in [0.1, 0.15) is 39.2 Å². The number of aryl methyl sites for hydroxylation is 1. The van der Waals surface area contributed by atoms with E-state index < -0.39 is 5.63 Å². The molecule has 0 saturated carbocycles. The fraction of sp³-hybridized carbons (Fsp3) is 0.533. The van der Waals surface area contributed by atoms with E-state index in [1.807, 2.05) is 0 Å². The van der Waals surface area contributed by atoms with Crippen LogP contribution in [0, 0.1) is 5.41 Å². The molecule has 0 aliphatic rings. The predicted molar refractivity (Wildman–Crippen MR) is 83.0 cm³/mol. The van der Waals surface area contributed by atoms with Gasteiger partial charge in [-0.15, -0.1) is 0 Å². The van der Waals surface area contributed by atoms with Gasteiger partial charge in [-0.05, 0) is 30.2 Å². The topological polar surface area (TPSA) is 97.2 Å². The van der Waals surface area contributed by atoms with Crippen molar-refractivity contribution < 1.29 is 9.25 Å². The zero-order valence-electron chi connectivity index (χ0n) is 13.3. The molecule has 0 unspecified atom stereocenters. The van der Waals surface area contributed by atoms with Crippen LogP contribution < -0.4 is 21.5 Å². The smallest absolute Gasteiger partial charge is 0.337 e. The maximum absolute atomic E-state index is 12.2. The first-order valence-corrected chi connectivity index (χ1v) is 7.21. The van der Waals surface area contributed by atoms with E-state index in [1.54, 1.807) is 0 Å². The van der Waals surface area contributed by atoms with Crippen molar-refractivity contribution in [1.29, 1.82) is 0 Å². The standard InChI is InChI=1S/C15H21N3O4/c1-15(2,3)7-5-6-9-8-10(19)21-13-11(9)12(20)17-14(18-13)22-16-4/h8,16H,5-7H2,1-4H3,(H,17,18,20). The van der Waals surface area contributed by atoms with Gasteiger partial charge in [0.15, 0.2) is 0 Å². The van der Waals surface area contributed by atoms with E-state index in [4.69, 9.17) is 9.25 Å². The molecular formula is C15H21N3O4.